The van der Waals surface area contributed by atoms with Gasteiger partial charge < -0.3 is 11.5 Å². The zero-order valence-corrected chi connectivity index (χ0v) is 11.0. The molecule has 0 aliphatic heterocycles. The van der Waals surface area contributed by atoms with Gasteiger partial charge in [0.1, 0.15) is 5.01 Å². The standard InChI is InChI=1S/C13H15N3OS/c1-8-11(18-12(7-14)16-8)6-9-2-4-10(5-3-9)13(15)17/h2-5H,6-7,14H2,1H3,(H2,15,17). The number of primary amides is 1. The number of aryl methyl sites for hydroxylation is 1. The van der Waals surface area contributed by atoms with Crippen LogP contribution < -0.4 is 11.5 Å². The van der Waals surface area contributed by atoms with Gasteiger partial charge in [-0.15, -0.1) is 11.3 Å². The molecule has 0 bridgehead atoms. The smallest absolute Gasteiger partial charge is 0.248 e. The van der Waals surface area contributed by atoms with E-state index in [9.17, 15) is 4.79 Å². The normalized spacial score (nSPS) is 10.6. The molecule has 0 unspecified atom stereocenters. The third-order valence-corrected chi connectivity index (χ3v) is 3.89. The van der Waals surface area contributed by atoms with Crippen molar-refractivity contribution in [3.05, 3.63) is 51.0 Å². The van der Waals surface area contributed by atoms with Crippen LogP contribution in [0.25, 0.3) is 0 Å². The molecule has 94 valence electrons. The fraction of sp³-hybridized carbons (Fsp3) is 0.231. The van der Waals surface area contributed by atoms with Crippen LogP contribution >= 0.6 is 11.3 Å². The first-order valence-electron chi connectivity index (χ1n) is 5.64. The predicted octanol–water partition coefficient (Wildman–Crippen LogP) is 1.60. The van der Waals surface area contributed by atoms with Gasteiger partial charge in [-0.25, -0.2) is 4.98 Å². The minimum absolute atomic E-state index is 0.402. The fourth-order valence-electron chi connectivity index (χ4n) is 1.71. The quantitative estimate of drug-likeness (QED) is 0.877. The number of hydrogen-bond acceptors (Lipinski definition) is 4. The highest BCUT2D eigenvalue weighted by atomic mass is 32.1. The van der Waals surface area contributed by atoms with E-state index in [1.165, 1.54) is 4.88 Å². The van der Waals surface area contributed by atoms with Crippen LogP contribution in [0.2, 0.25) is 0 Å². The number of hydrogen-bond donors (Lipinski definition) is 2. The molecule has 2 rings (SSSR count). The molecule has 1 aromatic heterocycles. The number of nitrogens with two attached hydrogens (primary N) is 2. The Hall–Kier alpha value is -1.72. The molecular formula is C13H15N3OS. The van der Waals surface area contributed by atoms with E-state index >= 15 is 0 Å². The Labute approximate surface area is 110 Å². The van der Waals surface area contributed by atoms with Crippen molar-refractivity contribution in [1.29, 1.82) is 0 Å². The van der Waals surface area contributed by atoms with Crippen molar-refractivity contribution in [2.24, 2.45) is 11.5 Å². The summed E-state index contributed by atoms with van der Waals surface area (Å²) in [5, 5.41) is 0.955. The molecule has 1 heterocycles. The molecule has 1 aromatic carbocycles. The van der Waals surface area contributed by atoms with Gasteiger partial charge in [-0.2, -0.15) is 0 Å². The van der Waals surface area contributed by atoms with E-state index < -0.39 is 5.91 Å². The first kappa shape index (κ1) is 12.7. The summed E-state index contributed by atoms with van der Waals surface area (Å²) in [6.45, 7) is 2.47. The van der Waals surface area contributed by atoms with E-state index in [-0.39, 0.29) is 0 Å². The number of nitrogens with zero attached hydrogens (tertiary/aromatic N) is 1. The second-order valence-corrected chi connectivity index (χ2v) is 5.23. The van der Waals surface area contributed by atoms with Crippen LogP contribution in [0.3, 0.4) is 0 Å². The van der Waals surface area contributed by atoms with Crippen LogP contribution in [0.15, 0.2) is 24.3 Å². The molecule has 18 heavy (non-hydrogen) atoms. The summed E-state index contributed by atoms with van der Waals surface area (Å²) in [4.78, 5) is 16.6. The number of amides is 1. The number of benzene rings is 1. The van der Waals surface area contributed by atoms with Gasteiger partial charge in [-0.05, 0) is 24.6 Å². The SMILES string of the molecule is Cc1nc(CN)sc1Cc1ccc(C(N)=O)cc1. The second-order valence-electron chi connectivity index (χ2n) is 4.06. The van der Waals surface area contributed by atoms with Crippen molar-refractivity contribution in [1.82, 2.24) is 4.98 Å². The number of rotatable bonds is 4. The van der Waals surface area contributed by atoms with Crippen LogP contribution in [0.4, 0.5) is 0 Å². The first-order chi connectivity index (χ1) is 8.60. The van der Waals surface area contributed by atoms with Crippen molar-refractivity contribution in [3.8, 4) is 0 Å². The van der Waals surface area contributed by atoms with Gasteiger partial charge in [0, 0.05) is 23.4 Å². The Morgan fingerprint density at radius 3 is 2.50 bits per heavy atom. The third-order valence-electron chi connectivity index (χ3n) is 2.71. The first-order valence-corrected chi connectivity index (χ1v) is 6.46. The largest absolute Gasteiger partial charge is 0.366 e. The fourth-order valence-corrected chi connectivity index (χ4v) is 2.69. The van der Waals surface area contributed by atoms with Gasteiger partial charge in [0.25, 0.3) is 0 Å². The highest BCUT2D eigenvalue weighted by Crippen LogP contribution is 2.21. The summed E-state index contributed by atoms with van der Waals surface area (Å²) in [6, 6.07) is 7.33. The summed E-state index contributed by atoms with van der Waals surface area (Å²) in [7, 11) is 0. The predicted molar refractivity (Wildman–Crippen MR) is 72.5 cm³/mol. The number of aromatic nitrogens is 1. The molecule has 0 saturated heterocycles. The average molecular weight is 261 g/mol. The lowest BCUT2D eigenvalue weighted by molar-refractivity contribution is 0.100. The maximum atomic E-state index is 11.0. The summed E-state index contributed by atoms with van der Waals surface area (Å²) < 4.78 is 0. The molecule has 2 aromatic rings. The van der Waals surface area contributed by atoms with Crippen LogP contribution in [0.1, 0.15) is 31.5 Å². The van der Waals surface area contributed by atoms with Gasteiger partial charge in [0.05, 0.1) is 5.69 Å². The van der Waals surface area contributed by atoms with Crippen LogP contribution in [0.5, 0.6) is 0 Å². The van der Waals surface area contributed by atoms with Gasteiger partial charge in [-0.3, -0.25) is 4.79 Å². The molecule has 5 heteroatoms. The van der Waals surface area contributed by atoms with Gasteiger partial charge in [0.15, 0.2) is 0 Å². The zero-order valence-electron chi connectivity index (χ0n) is 10.1. The van der Waals surface area contributed by atoms with E-state index in [1.807, 2.05) is 19.1 Å². The highest BCUT2D eigenvalue weighted by Gasteiger charge is 2.08. The molecule has 0 aliphatic carbocycles. The molecule has 0 atom stereocenters. The molecule has 0 fully saturated rings. The topological polar surface area (TPSA) is 82.0 Å². The van der Waals surface area contributed by atoms with E-state index in [0.717, 1.165) is 22.7 Å². The Kier molecular flexibility index (Phi) is 3.74. The highest BCUT2D eigenvalue weighted by molar-refractivity contribution is 7.11. The van der Waals surface area contributed by atoms with Crippen molar-refractivity contribution in [3.63, 3.8) is 0 Å². The lowest BCUT2D eigenvalue weighted by Gasteiger charge is -2.01. The molecule has 0 radical (unpaired) electrons. The van der Waals surface area contributed by atoms with Gasteiger partial charge in [-0.1, -0.05) is 12.1 Å². The Balaban J connectivity index is 2.17. The van der Waals surface area contributed by atoms with Crippen molar-refractivity contribution >= 4 is 17.2 Å². The summed E-state index contributed by atoms with van der Waals surface area (Å²) in [5.41, 5.74) is 13.5. The minimum atomic E-state index is -0.402. The Bertz CT molecular complexity index is 560. The lowest BCUT2D eigenvalue weighted by Crippen LogP contribution is -2.10. The van der Waals surface area contributed by atoms with Crippen molar-refractivity contribution in [2.75, 3.05) is 0 Å². The molecule has 1 amide bonds. The molecule has 0 saturated carbocycles. The zero-order chi connectivity index (χ0) is 13.1. The maximum Gasteiger partial charge on any atom is 0.248 e. The maximum absolute atomic E-state index is 11.0. The summed E-state index contributed by atoms with van der Waals surface area (Å²) in [6.07, 6.45) is 0.808. The molecule has 4 nitrogen and oxygen atoms in total. The monoisotopic (exact) mass is 261 g/mol. The number of carbonyl (C=O) groups is 1. The summed E-state index contributed by atoms with van der Waals surface area (Å²) >= 11 is 1.64. The molecule has 0 aliphatic rings. The second kappa shape index (κ2) is 5.29. The lowest BCUT2D eigenvalue weighted by atomic mass is 10.1. The average Bonchev–Trinajstić information content (AvgIpc) is 2.71. The van der Waals surface area contributed by atoms with Gasteiger partial charge in [0.2, 0.25) is 5.91 Å². The van der Waals surface area contributed by atoms with Gasteiger partial charge >= 0.3 is 0 Å². The number of carbonyl (C=O) groups excluding carboxylic acids is 1. The third kappa shape index (κ3) is 2.75. The van der Waals surface area contributed by atoms with Crippen LogP contribution in [0, 0.1) is 6.92 Å². The molecule has 4 N–H and O–H groups in total. The Morgan fingerprint density at radius 1 is 1.33 bits per heavy atom. The van der Waals surface area contributed by atoms with Crippen LogP contribution in [-0.4, -0.2) is 10.9 Å². The van der Waals surface area contributed by atoms with E-state index in [0.29, 0.717) is 12.1 Å². The van der Waals surface area contributed by atoms with E-state index in [4.69, 9.17) is 11.5 Å². The summed E-state index contributed by atoms with van der Waals surface area (Å²) in [5.74, 6) is -0.402. The van der Waals surface area contributed by atoms with Crippen molar-refractivity contribution < 1.29 is 4.79 Å². The van der Waals surface area contributed by atoms with Crippen molar-refractivity contribution in [2.45, 2.75) is 19.9 Å². The van der Waals surface area contributed by atoms with E-state index in [1.54, 1.807) is 23.5 Å². The van der Waals surface area contributed by atoms with Crippen LogP contribution in [-0.2, 0) is 13.0 Å². The molecule has 0 spiro atoms. The van der Waals surface area contributed by atoms with E-state index in [2.05, 4.69) is 4.98 Å². The molecular weight excluding hydrogens is 246 g/mol. The number of thiazole rings is 1. The Morgan fingerprint density at radius 2 is 2.00 bits per heavy atom. The minimum Gasteiger partial charge on any atom is -0.366 e.